The lowest BCUT2D eigenvalue weighted by Gasteiger charge is -2.40. The van der Waals surface area contributed by atoms with Crippen molar-refractivity contribution in [3.63, 3.8) is 0 Å². The second kappa shape index (κ2) is 6.69. The van der Waals surface area contributed by atoms with Crippen molar-refractivity contribution in [1.82, 2.24) is 19.8 Å². The fourth-order valence-corrected chi connectivity index (χ4v) is 2.78. The zero-order chi connectivity index (χ0) is 16.3. The minimum absolute atomic E-state index is 0.115. The molecule has 1 N–H and O–H groups in total. The maximum Gasteiger partial charge on any atom is 0.410 e. The summed E-state index contributed by atoms with van der Waals surface area (Å²) in [6, 6.07) is 0.377. The Kier molecular flexibility index (Phi) is 5.11. The Bertz CT molecular complexity index is 506. The number of imidazole rings is 1. The molecule has 2 rings (SSSR count). The fraction of sp³-hybridized carbons (Fsp3) is 0.750. The third kappa shape index (κ3) is 4.22. The maximum atomic E-state index is 12.3. The highest BCUT2D eigenvalue weighted by Gasteiger charge is 2.33. The van der Waals surface area contributed by atoms with E-state index in [9.17, 15) is 4.79 Å². The Morgan fingerprint density at radius 2 is 2.23 bits per heavy atom. The van der Waals surface area contributed by atoms with Gasteiger partial charge in [0.15, 0.2) is 0 Å². The van der Waals surface area contributed by atoms with E-state index in [1.165, 1.54) is 0 Å². The van der Waals surface area contributed by atoms with Crippen LogP contribution in [0.2, 0.25) is 0 Å². The zero-order valence-electron chi connectivity index (χ0n) is 14.3. The predicted molar refractivity (Wildman–Crippen MR) is 85.5 cm³/mol. The van der Waals surface area contributed by atoms with Gasteiger partial charge in [-0.05, 0) is 40.5 Å². The van der Waals surface area contributed by atoms with Crippen molar-refractivity contribution >= 4 is 6.09 Å². The van der Waals surface area contributed by atoms with Gasteiger partial charge in [-0.1, -0.05) is 0 Å². The number of hydrogen-bond acceptors (Lipinski definition) is 4. The Morgan fingerprint density at radius 1 is 1.50 bits per heavy atom. The van der Waals surface area contributed by atoms with Crippen molar-refractivity contribution in [3.05, 3.63) is 18.2 Å². The largest absolute Gasteiger partial charge is 0.444 e. The van der Waals surface area contributed by atoms with Gasteiger partial charge >= 0.3 is 6.09 Å². The van der Waals surface area contributed by atoms with Gasteiger partial charge in [-0.15, -0.1) is 0 Å². The van der Waals surface area contributed by atoms with E-state index in [1.54, 1.807) is 6.20 Å². The first-order valence-corrected chi connectivity index (χ1v) is 7.97. The summed E-state index contributed by atoms with van der Waals surface area (Å²) in [5.41, 5.74) is -0.454. The van der Waals surface area contributed by atoms with Gasteiger partial charge < -0.3 is 19.5 Å². The minimum atomic E-state index is -0.454. The van der Waals surface area contributed by atoms with Gasteiger partial charge in [0, 0.05) is 38.1 Å². The lowest BCUT2D eigenvalue weighted by molar-refractivity contribution is 0.00694. The van der Waals surface area contributed by atoms with Crippen LogP contribution in [0.25, 0.3) is 0 Å². The van der Waals surface area contributed by atoms with Gasteiger partial charge in [0.1, 0.15) is 11.4 Å². The molecule has 0 radical (unpaired) electrons. The van der Waals surface area contributed by atoms with Crippen molar-refractivity contribution in [3.8, 4) is 0 Å². The van der Waals surface area contributed by atoms with E-state index in [-0.39, 0.29) is 18.2 Å². The Hall–Kier alpha value is -1.56. The number of likely N-dealkylation sites (tertiary alicyclic amines) is 1. The molecule has 124 valence electrons. The number of rotatable bonds is 3. The fourth-order valence-electron chi connectivity index (χ4n) is 2.78. The molecule has 6 heteroatoms. The number of hydrogen-bond donors (Lipinski definition) is 1. The maximum absolute atomic E-state index is 12.3. The summed E-state index contributed by atoms with van der Waals surface area (Å²) < 4.78 is 7.51. The standard InChI is InChI=1S/C16H28N4O2/c1-12-13(18-11-14-17-8-10-19(14)5)7-6-9-20(12)15(21)22-16(2,3)4/h8,10,12-13,18H,6-7,9,11H2,1-5H3. The average molecular weight is 308 g/mol. The number of aromatic nitrogens is 2. The number of nitrogens with zero attached hydrogens (tertiary/aromatic N) is 3. The van der Waals surface area contributed by atoms with Gasteiger partial charge in [0.25, 0.3) is 0 Å². The van der Waals surface area contributed by atoms with Crippen molar-refractivity contribution < 1.29 is 9.53 Å². The summed E-state index contributed by atoms with van der Waals surface area (Å²) in [7, 11) is 1.99. The second-order valence-corrected chi connectivity index (χ2v) is 7.00. The van der Waals surface area contributed by atoms with Crippen LogP contribution in [0.3, 0.4) is 0 Å². The summed E-state index contributed by atoms with van der Waals surface area (Å²) in [5, 5.41) is 3.53. The Labute approximate surface area is 132 Å². The first-order valence-electron chi connectivity index (χ1n) is 7.97. The smallest absolute Gasteiger partial charge is 0.410 e. The van der Waals surface area contributed by atoms with Gasteiger partial charge in [-0.25, -0.2) is 9.78 Å². The SMILES string of the molecule is CC1C(NCc2nccn2C)CCCN1C(=O)OC(C)(C)C. The molecular formula is C16H28N4O2. The van der Waals surface area contributed by atoms with Crippen molar-refractivity contribution in [1.29, 1.82) is 0 Å². The molecule has 1 fully saturated rings. The van der Waals surface area contributed by atoms with Crippen molar-refractivity contribution in [2.45, 2.75) is 64.8 Å². The van der Waals surface area contributed by atoms with E-state index in [2.05, 4.69) is 17.2 Å². The van der Waals surface area contributed by atoms with Crippen LogP contribution >= 0.6 is 0 Å². The predicted octanol–water partition coefficient (Wildman–Crippen LogP) is 2.30. The van der Waals surface area contributed by atoms with Crippen LogP contribution in [0.15, 0.2) is 12.4 Å². The molecule has 2 unspecified atom stereocenters. The second-order valence-electron chi connectivity index (χ2n) is 7.00. The van der Waals surface area contributed by atoms with E-state index in [4.69, 9.17) is 4.74 Å². The molecule has 1 aromatic rings. The zero-order valence-corrected chi connectivity index (χ0v) is 14.3. The van der Waals surface area contributed by atoms with Crippen LogP contribution in [0.5, 0.6) is 0 Å². The molecule has 1 amide bonds. The molecule has 2 atom stereocenters. The number of piperidine rings is 1. The summed E-state index contributed by atoms with van der Waals surface area (Å²) in [5.74, 6) is 1.00. The third-order valence-electron chi connectivity index (χ3n) is 4.06. The van der Waals surface area contributed by atoms with E-state index in [0.29, 0.717) is 6.54 Å². The van der Waals surface area contributed by atoms with Gasteiger partial charge in [0.2, 0.25) is 0 Å². The first kappa shape index (κ1) is 16.8. The highest BCUT2D eigenvalue weighted by molar-refractivity contribution is 5.68. The van der Waals surface area contributed by atoms with Gasteiger partial charge in [0.05, 0.1) is 6.54 Å². The molecule has 1 aliphatic rings. The number of aryl methyl sites for hydroxylation is 1. The van der Waals surface area contributed by atoms with Crippen LogP contribution in [0.1, 0.15) is 46.4 Å². The van der Waals surface area contributed by atoms with Crippen LogP contribution < -0.4 is 5.32 Å². The van der Waals surface area contributed by atoms with E-state index in [0.717, 1.165) is 25.2 Å². The molecule has 0 saturated carbocycles. The molecule has 0 bridgehead atoms. The van der Waals surface area contributed by atoms with Gasteiger partial charge in [-0.3, -0.25) is 0 Å². The number of carbonyl (C=O) groups excluding carboxylic acids is 1. The van der Waals surface area contributed by atoms with Crippen LogP contribution in [0.4, 0.5) is 4.79 Å². The van der Waals surface area contributed by atoms with E-state index >= 15 is 0 Å². The van der Waals surface area contributed by atoms with Crippen LogP contribution in [-0.4, -0.2) is 44.8 Å². The molecule has 1 aromatic heterocycles. The topological polar surface area (TPSA) is 59.4 Å². The van der Waals surface area contributed by atoms with E-state index < -0.39 is 5.60 Å². The molecule has 22 heavy (non-hydrogen) atoms. The van der Waals surface area contributed by atoms with Crippen molar-refractivity contribution in [2.75, 3.05) is 6.54 Å². The molecule has 0 aliphatic carbocycles. The molecular weight excluding hydrogens is 280 g/mol. The van der Waals surface area contributed by atoms with Gasteiger partial charge in [-0.2, -0.15) is 0 Å². The lowest BCUT2D eigenvalue weighted by Crippen LogP contribution is -2.55. The van der Waals surface area contributed by atoms with Crippen molar-refractivity contribution in [2.24, 2.45) is 7.05 Å². The Balaban J connectivity index is 1.93. The molecule has 1 aliphatic heterocycles. The summed E-state index contributed by atoms with van der Waals surface area (Å²) in [4.78, 5) is 18.5. The van der Waals surface area contributed by atoms with Crippen LogP contribution in [-0.2, 0) is 18.3 Å². The highest BCUT2D eigenvalue weighted by atomic mass is 16.6. The number of amides is 1. The lowest BCUT2D eigenvalue weighted by atomic mass is 9.98. The number of nitrogens with one attached hydrogen (secondary N) is 1. The summed E-state index contributed by atoms with van der Waals surface area (Å²) in [6.07, 6.45) is 5.57. The minimum Gasteiger partial charge on any atom is -0.444 e. The first-order chi connectivity index (χ1) is 10.3. The number of ether oxygens (including phenoxy) is 1. The average Bonchev–Trinajstić information content (AvgIpc) is 2.81. The molecule has 2 heterocycles. The highest BCUT2D eigenvalue weighted by Crippen LogP contribution is 2.21. The molecule has 0 aromatic carbocycles. The quantitative estimate of drug-likeness (QED) is 0.931. The van der Waals surface area contributed by atoms with E-state index in [1.807, 2.05) is 43.5 Å². The van der Waals surface area contributed by atoms with Crippen LogP contribution in [0, 0.1) is 0 Å². The molecule has 0 spiro atoms. The summed E-state index contributed by atoms with van der Waals surface area (Å²) >= 11 is 0. The molecule has 1 saturated heterocycles. The monoisotopic (exact) mass is 308 g/mol. The molecule has 6 nitrogen and oxygen atoms in total. The Morgan fingerprint density at radius 3 is 2.82 bits per heavy atom. The normalized spacial score (nSPS) is 22.7. The summed E-state index contributed by atoms with van der Waals surface area (Å²) in [6.45, 7) is 9.25. The third-order valence-corrected chi connectivity index (χ3v) is 4.06. The number of carbonyl (C=O) groups is 1.